The Bertz CT molecular complexity index is 722. The van der Waals surface area contributed by atoms with Gasteiger partial charge < -0.3 is 10.6 Å². The van der Waals surface area contributed by atoms with E-state index in [9.17, 15) is 4.79 Å². The van der Waals surface area contributed by atoms with Crippen molar-refractivity contribution in [2.75, 3.05) is 23.9 Å². The molecule has 5 nitrogen and oxygen atoms in total. The van der Waals surface area contributed by atoms with Gasteiger partial charge in [0.15, 0.2) is 5.11 Å². The molecule has 0 aliphatic rings. The molecule has 7 heteroatoms. The third-order valence-corrected chi connectivity index (χ3v) is 4.55. The van der Waals surface area contributed by atoms with Crippen LogP contribution in [0.15, 0.2) is 35.1 Å². The van der Waals surface area contributed by atoms with E-state index < -0.39 is 0 Å². The molecule has 0 bridgehead atoms. The van der Waals surface area contributed by atoms with Crippen LogP contribution in [-0.2, 0) is 7.05 Å². The van der Waals surface area contributed by atoms with Gasteiger partial charge >= 0.3 is 0 Å². The minimum atomic E-state index is -0.107. The molecule has 0 saturated heterocycles. The quantitative estimate of drug-likeness (QED) is 0.619. The van der Waals surface area contributed by atoms with Gasteiger partial charge in [0.2, 0.25) is 0 Å². The SMILES string of the molecule is CSCCCNC(=S)Nc1c(C)n(C)n(-c2ccccc2)c1=O. The maximum absolute atomic E-state index is 12.7. The molecule has 23 heavy (non-hydrogen) atoms. The largest absolute Gasteiger partial charge is 0.362 e. The topological polar surface area (TPSA) is 51.0 Å². The summed E-state index contributed by atoms with van der Waals surface area (Å²) in [6, 6.07) is 9.56. The summed E-state index contributed by atoms with van der Waals surface area (Å²) < 4.78 is 3.46. The second kappa shape index (κ2) is 8.21. The van der Waals surface area contributed by atoms with Crippen LogP contribution in [0.5, 0.6) is 0 Å². The van der Waals surface area contributed by atoms with E-state index in [1.54, 1.807) is 16.4 Å². The smallest absolute Gasteiger partial charge is 0.295 e. The summed E-state index contributed by atoms with van der Waals surface area (Å²) in [5, 5.41) is 6.67. The van der Waals surface area contributed by atoms with Gasteiger partial charge in [-0.3, -0.25) is 9.48 Å². The highest BCUT2D eigenvalue weighted by Crippen LogP contribution is 2.13. The molecular formula is C16H22N4OS2. The van der Waals surface area contributed by atoms with Crippen LogP contribution in [0.1, 0.15) is 12.1 Å². The van der Waals surface area contributed by atoms with Crippen molar-refractivity contribution in [1.29, 1.82) is 0 Å². The zero-order valence-corrected chi connectivity index (χ0v) is 15.3. The molecule has 1 aromatic heterocycles. The summed E-state index contributed by atoms with van der Waals surface area (Å²) in [4.78, 5) is 12.7. The van der Waals surface area contributed by atoms with E-state index in [4.69, 9.17) is 12.2 Å². The minimum Gasteiger partial charge on any atom is -0.362 e. The van der Waals surface area contributed by atoms with E-state index >= 15 is 0 Å². The standard InChI is InChI=1S/C16H22N4OS2/c1-12-14(18-16(22)17-10-7-11-23-3)15(21)20(19(12)2)13-8-5-4-6-9-13/h4-6,8-9H,7,10-11H2,1-3H3,(H2,17,18,22). The van der Waals surface area contributed by atoms with Crippen molar-refractivity contribution in [3.05, 3.63) is 46.4 Å². The van der Waals surface area contributed by atoms with Crippen LogP contribution in [0.2, 0.25) is 0 Å². The third kappa shape index (κ3) is 4.17. The van der Waals surface area contributed by atoms with Crippen LogP contribution >= 0.6 is 24.0 Å². The van der Waals surface area contributed by atoms with Gasteiger partial charge in [-0.15, -0.1) is 0 Å². The highest BCUT2D eigenvalue weighted by molar-refractivity contribution is 7.98. The summed E-state index contributed by atoms with van der Waals surface area (Å²) >= 11 is 7.09. The average molecular weight is 351 g/mol. The molecule has 2 aromatic rings. The van der Waals surface area contributed by atoms with Crippen LogP contribution in [-0.4, -0.2) is 33.0 Å². The molecule has 124 valence electrons. The van der Waals surface area contributed by atoms with E-state index in [2.05, 4.69) is 16.9 Å². The summed E-state index contributed by atoms with van der Waals surface area (Å²) in [6.45, 7) is 2.70. The van der Waals surface area contributed by atoms with E-state index in [1.807, 2.05) is 49.0 Å². The molecule has 0 aliphatic heterocycles. The Morgan fingerprint density at radius 1 is 1.30 bits per heavy atom. The zero-order valence-electron chi connectivity index (χ0n) is 13.6. The van der Waals surface area contributed by atoms with Crippen molar-refractivity contribution in [3.63, 3.8) is 0 Å². The number of nitrogens with zero attached hydrogens (tertiary/aromatic N) is 2. The summed E-state index contributed by atoms with van der Waals surface area (Å²) in [6.07, 6.45) is 3.11. The molecular weight excluding hydrogens is 328 g/mol. The van der Waals surface area contributed by atoms with E-state index in [0.717, 1.165) is 30.1 Å². The Morgan fingerprint density at radius 3 is 2.65 bits per heavy atom. The number of anilines is 1. The van der Waals surface area contributed by atoms with E-state index in [0.29, 0.717) is 10.8 Å². The molecule has 2 rings (SSSR count). The lowest BCUT2D eigenvalue weighted by molar-refractivity contribution is 0.630. The number of benzene rings is 1. The second-order valence-electron chi connectivity index (χ2n) is 5.16. The first-order chi connectivity index (χ1) is 11.1. The number of hydrogen-bond acceptors (Lipinski definition) is 3. The Morgan fingerprint density at radius 2 is 2.00 bits per heavy atom. The molecule has 0 radical (unpaired) electrons. The van der Waals surface area contributed by atoms with Crippen LogP contribution in [0.25, 0.3) is 5.69 Å². The predicted octanol–water partition coefficient (Wildman–Crippen LogP) is 2.52. The van der Waals surface area contributed by atoms with Crippen molar-refractivity contribution in [2.24, 2.45) is 7.05 Å². The summed E-state index contributed by atoms with van der Waals surface area (Å²) in [5.41, 5.74) is 2.07. The number of aromatic nitrogens is 2. The van der Waals surface area contributed by atoms with Gasteiger partial charge in [-0.1, -0.05) is 18.2 Å². The van der Waals surface area contributed by atoms with Gasteiger partial charge in [0.05, 0.1) is 11.4 Å². The van der Waals surface area contributed by atoms with Crippen molar-refractivity contribution in [1.82, 2.24) is 14.7 Å². The Labute approximate surface area is 146 Å². The maximum atomic E-state index is 12.7. The highest BCUT2D eigenvalue weighted by atomic mass is 32.2. The third-order valence-electron chi connectivity index (χ3n) is 3.60. The number of hydrogen-bond donors (Lipinski definition) is 2. The van der Waals surface area contributed by atoms with Gasteiger partial charge in [0, 0.05) is 13.6 Å². The second-order valence-corrected chi connectivity index (χ2v) is 6.56. The number of para-hydroxylation sites is 1. The molecule has 0 amide bonds. The maximum Gasteiger partial charge on any atom is 0.295 e. The van der Waals surface area contributed by atoms with Gasteiger partial charge in [0.1, 0.15) is 5.69 Å². The molecule has 0 spiro atoms. The van der Waals surface area contributed by atoms with Crippen LogP contribution in [0.4, 0.5) is 5.69 Å². The molecule has 1 heterocycles. The Hall–Kier alpha value is -1.73. The zero-order chi connectivity index (χ0) is 16.8. The van der Waals surface area contributed by atoms with Crippen molar-refractivity contribution >= 4 is 34.8 Å². The average Bonchev–Trinajstić information content (AvgIpc) is 2.76. The number of thiocarbonyl (C=S) groups is 1. The normalized spacial score (nSPS) is 10.6. The molecule has 0 aliphatic carbocycles. The molecule has 0 fully saturated rings. The van der Waals surface area contributed by atoms with Gasteiger partial charge in [-0.25, -0.2) is 4.68 Å². The Kier molecular flexibility index (Phi) is 6.29. The molecule has 1 aromatic carbocycles. The van der Waals surface area contributed by atoms with E-state index in [-0.39, 0.29) is 5.56 Å². The lowest BCUT2D eigenvalue weighted by Gasteiger charge is -2.09. The first-order valence-electron chi connectivity index (χ1n) is 7.44. The lowest BCUT2D eigenvalue weighted by Crippen LogP contribution is -2.31. The molecule has 0 atom stereocenters. The molecule has 0 unspecified atom stereocenters. The van der Waals surface area contributed by atoms with Crippen molar-refractivity contribution in [2.45, 2.75) is 13.3 Å². The minimum absolute atomic E-state index is 0.107. The highest BCUT2D eigenvalue weighted by Gasteiger charge is 2.16. The van der Waals surface area contributed by atoms with Crippen LogP contribution < -0.4 is 16.2 Å². The number of thioether (sulfide) groups is 1. The van der Waals surface area contributed by atoms with Crippen LogP contribution in [0.3, 0.4) is 0 Å². The fourth-order valence-corrected chi connectivity index (χ4v) is 2.93. The first-order valence-corrected chi connectivity index (χ1v) is 9.24. The first kappa shape index (κ1) is 17.6. The number of rotatable bonds is 6. The van der Waals surface area contributed by atoms with Gasteiger partial charge in [-0.05, 0) is 49.7 Å². The van der Waals surface area contributed by atoms with Gasteiger partial charge in [0.25, 0.3) is 5.56 Å². The van der Waals surface area contributed by atoms with Crippen molar-refractivity contribution < 1.29 is 0 Å². The summed E-state index contributed by atoms with van der Waals surface area (Å²) in [7, 11) is 1.86. The van der Waals surface area contributed by atoms with Crippen molar-refractivity contribution in [3.8, 4) is 5.69 Å². The van der Waals surface area contributed by atoms with E-state index in [1.165, 1.54) is 0 Å². The fourth-order valence-electron chi connectivity index (χ4n) is 2.29. The summed E-state index contributed by atoms with van der Waals surface area (Å²) in [5.74, 6) is 1.08. The number of nitrogens with one attached hydrogen (secondary N) is 2. The van der Waals surface area contributed by atoms with Gasteiger partial charge in [-0.2, -0.15) is 11.8 Å². The molecule has 2 N–H and O–H groups in total. The van der Waals surface area contributed by atoms with Crippen LogP contribution in [0, 0.1) is 6.92 Å². The predicted molar refractivity (Wildman–Crippen MR) is 103 cm³/mol. The fraction of sp³-hybridized carbons (Fsp3) is 0.375. The lowest BCUT2D eigenvalue weighted by atomic mass is 10.3. The Balaban J connectivity index is 2.18. The molecule has 0 saturated carbocycles. The monoisotopic (exact) mass is 350 g/mol.